The number of nitrogens with one attached hydrogen (secondary N) is 2. The quantitative estimate of drug-likeness (QED) is 0.716. The molecule has 2 N–H and O–H groups in total. The van der Waals surface area contributed by atoms with E-state index in [9.17, 15) is 4.79 Å². The Balaban J connectivity index is 2.14. The highest BCUT2D eigenvalue weighted by atomic mass is 16.1. The van der Waals surface area contributed by atoms with Crippen LogP contribution in [0.3, 0.4) is 0 Å². The highest BCUT2D eigenvalue weighted by Crippen LogP contribution is 2.09. The average Bonchev–Trinajstić information content (AvgIpc) is 2.29. The van der Waals surface area contributed by atoms with Crippen molar-refractivity contribution in [3.8, 4) is 0 Å². The smallest absolute Gasteiger partial charge is 0.224 e. The molecule has 0 aliphatic carbocycles. The lowest BCUT2D eigenvalue weighted by molar-refractivity contribution is -0.125. The van der Waals surface area contributed by atoms with Gasteiger partial charge in [0.25, 0.3) is 0 Å². The minimum Gasteiger partial charge on any atom is -0.355 e. The number of rotatable bonds is 5. The van der Waals surface area contributed by atoms with Gasteiger partial charge in [0.2, 0.25) is 5.91 Å². The van der Waals surface area contributed by atoms with Gasteiger partial charge in [0.15, 0.2) is 0 Å². The van der Waals surface area contributed by atoms with Crippen molar-refractivity contribution in [1.82, 2.24) is 15.5 Å². The molecule has 1 aliphatic rings. The third-order valence-electron chi connectivity index (χ3n) is 3.31. The van der Waals surface area contributed by atoms with Gasteiger partial charge in [-0.05, 0) is 40.3 Å². The minimum absolute atomic E-state index is 0.179. The number of carbonyl (C=O) groups excluding carboxylic acids is 1. The van der Waals surface area contributed by atoms with Crippen LogP contribution in [0.25, 0.3) is 0 Å². The fraction of sp³-hybridized carbons (Fsp3) is 0.917. The lowest BCUT2D eigenvalue weighted by atomic mass is 9.99. The fourth-order valence-corrected chi connectivity index (χ4v) is 1.83. The van der Waals surface area contributed by atoms with Crippen molar-refractivity contribution in [3.63, 3.8) is 0 Å². The summed E-state index contributed by atoms with van der Waals surface area (Å²) >= 11 is 0. The van der Waals surface area contributed by atoms with E-state index in [4.69, 9.17) is 0 Å². The molecule has 0 radical (unpaired) electrons. The zero-order valence-electron chi connectivity index (χ0n) is 10.8. The van der Waals surface area contributed by atoms with Crippen LogP contribution in [0.4, 0.5) is 0 Å². The van der Waals surface area contributed by atoms with Crippen molar-refractivity contribution in [2.24, 2.45) is 5.92 Å². The Kier molecular flexibility index (Phi) is 5.77. The lowest BCUT2D eigenvalue weighted by Gasteiger charge is -2.24. The van der Waals surface area contributed by atoms with Gasteiger partial charge >= 0.3 is 0 Å². The highest BCUT2D eigenvalue weighted by Gasteiger charge is 2.20. The molecule has 1 aliphatic heterocycles. The maximum absolute atomic E-state index is 11.8. The molecule has 0 saturated carbocycles. The van der Waals surface area contributed by atoms with Crippen LogP contribution in [0, 0.1) is 5.92 Å². The summed E-state index contributed by atoms with van der Waals surface area (Å²) in [6, 6.07) is 0.535. The molecule has 1 atom stereocenters. The van der Waals surface area contributed by atoms with Gasteiger partial charge < -0.3 is 15.5 Å². The van der Waals surface area contributed by atoms with E-state index in [1.54, 1.807) is 0 Å². The summed E-state index contributed by atoms with van der Waals surface area (Å²) in [5, 5.41) is 6.28. The Bertz CT molecular complexity index is 212. The first-order valence-corrected chi connectivity index (χ1v) is 6.30. The molecule has 1 heterocycles. The highest BCUT2D eigenvalue weighted by molar-refractivity contribution is 5.78. The van der Waals surface area contributed by atoms with Crippen LogP contribution in [0.2, 0.25) is 0 Å². The molecule has 94 valence electrons. The van der Waals surface area contributed by atoms with Crippen LogP contribution >= 0.6 is 0 Å². The van der Waals surface area contributed by atoms with E-state index in [1.807, 2.05) is 0 Å². The molecule has 0 aromatic rings. The van der Waals surface area contributed by atoms with Gasteiger partial charge in [-0.3, -0.25) is 4.79 Å². The standard InChI is InChI=1S/C12H25N3O/c1-10(2)15(3)8-7-14-12(16)11-5-4-6-13-9-11/h10-11,13H,4-9H2,1-3H3,(H,14,16). The first-order chi connectivity index (χ1) is 7.61. The normalized spacial score (nSPS) is 21.4. The summed E-state index contributed by atoms with van der Waals surface area (Å²) in [5.74, 6) is 0.391. The Morgan fingerprint density at radius 3 is 2.88 bits per heavy atom. The zero-order chi connectivity index (χ0) is 12.0. The van der Waals surface area contributed by atoms with Crippen LogP contribution in [0.15, 0.2) is 0 Å². The Labute approximate surface area is 98.8 Å². The van der Waals surface area contributed by atoms with Crippen LogP contribution in [-0.2, 0) is 4.79 Å². The lowest BCUT2D eigenvalue weighted by Crippen LogP contribution is -2.43. The summed E-state index contributed by atoms with van der Waals surface area (Å²) < 4.78 is 0. The molecular formula is C12H25N3O. The van der Waals surface area contributed by atoms with Crippen LogP contribution < -0.4 is 10.6 Å². The monoisotopic (exact) mass is 227 g/mol. The molecule has 0 aromatic carbocycles. The average molecular weight is 227 g/mol. The molecule has 16 heavy (non-hydrogen) atoms. The number of nitrogens with zero attached hydrogens (tertiary/aromatic N) is 1. The molecule has 1 saturated heterocycles. The summed E-state index contributed by atoms with van der Waals surface area (Å²) in [6.07, 6.45) is 2.14. The fourth-order valence-electron chi connectivity index (χ4n) is 1.83. The van der Waals surface area contributed by atoms with E-state index in [2.05, 4.69) is 36.4 Å². The second kappa shape index (κ2) is 6.86. The van der Waals surface area contributed by atoms with E-state index in [1.165, 1.54) is 0 Å². The molecule has 0 aromatic heterocycles. The van der Waals surface area contributed by atoms with Crippen molar-refractivity contribution < 1.29 is 4.79 Å². The SMILES string of the molecule is CC(C)N(C)CCNC(=O)C1CCCNC1. The predicted octanol–water partition coefficient (Wildman–Crippen LogP) is 0.442. The molecule has 0 bridgehead atoms. The Hall–Kier alpha value is -0.610. The topological polar surface area (TPSA) is 44.4 Å². The molecule has 0 spiro atoms. The van der Waals surface area contributed by atoms with Gasteiger partial charge in [0, 0.05) is 25.7 Å². The first-order valence-electron chi connectivity index (χ1n) is 6.30. The van der Waals surface area contributed by atoms with Crippen molar-refractivity contribution >= 4 is 5.91 Å². The van der Waals surface area contributed by atoms with E-state index < -0.39 is 0 Å². The molecule has 4 heteroatoms. The summed E-state index contributed by atoms with van der Waals surface area (Å²) in [6.45, 7) is 7.89. The van der Waals surface area contributed by atoms with Gasteiger partial charge in [-0.15, -0.1) is 0 Å². The van der Waals surface area contributed by atoms with Gasteiger partial charge in [0.05, 0.1) is 5.92 Å². The minimum atomic E-state index is 0.179. The summed E-state index contributed by atoms with van der Waals surface area (Å²) in [7, 11) is 2.08. The van der Waals surface area contributed by atoms with E-state index in [-0.39, 0.29) is 11.8 Å². The van der Waals surface area contributed by atoms with E-state index >= 15 is 0 Å². The number of hydrogen-bond donors (Lipinski definition) is 2. The van der Waals surface area contributed by atoms with Crippen LogP contribution in [0.1, 0.15) is 26.7 Å². The van der Waals surface area contributed by atoms with Crippen molar-refractivity contribution in [2.45, 2.75) is 32.7 Å². The number of hydrogen-bond acceptors (Lipinski definition) is 3. The summed E-state index contributed by atoms with van der Waals surface area (Å²) in [5.41, 5.74) is 0. The number of amides is 1. The van der Waals surface area contributed by atoms with Crippen molar-refractivity contribution in [3.05, 3.63) is 0 Å². The molecule has 1 amide bonds. The summed E-state index contributed by atoms with van der Waals surface area (Å²) in [4.78, 5) is 14.0. The van der Waals surface area contributed by atoms with Crippen molar-refractivity contribution in [2.75, 3.05) is 33.2 Å². The number of carbonyl (C=O) groups is 1. The molecule has 1 rings (SSSR count). The molecule has 1 fully saturated rings. The second-order valence-corrected chi connectivity index (χ2v) is 4.91. The number of likely N-dealkylation sites (N-methyl/N-ethyl adjacent to an activating group) is 1. The van der Waals surface area contributed by atoms with Gasteiger partial charge in [0.1, 0.15) is 0 Å². The maximum Gasteiger partial charge on any atom is 0.224 e. The van der Waals surface area contributed by atoms with E-state index in [0.717, 1.165) is 39.0 Å². The Morgan fingerprint density at radius 2 is 2.31 bits per heavy atom. The third kappa shape index (κ3) is 4.49. The molecular weight excluding hydrogens is 202 g/mol. The van der Waals surface area contributed by atoms with Crippen molar-refractivity contribution in [1.29, 1.82) is 0 Å². The van der Waals surface area contributed by atoms with Crippen LogP contribution in [0.5, 0.6) is 0 Å². The van der Waals surface area contributed by atoms with Crippen LogP contribution in [-0.4, -0.2) is 50.1 Å². The zero-order valence-corrected chi connectivity index (χ0v) is 10.8. The number of piperidine rings is 1. The Morgan fingerprint density at radius 1 is 1.56 bits per heavy atom. The van der Waals surface area contributed by atoms with Gasteiger partial charge in [-0.2, -0.15) is 0 Å². The second-order valence-electron chi connectivity index (χ2n) is 4.91. The maximum atomic E-state index is 11.8. The molecule has 4 nitrogen and oxygen atoms in total. The third-order valence-corrected chi connectivity index (χ3v) is 3.31. The van der Waals surface area contributed by atoms with Gasteiger partial charge in [-0.1, -0.05) is 0 Å². The van der Waals surface area contributed by atoms with Gasteiger partial charge in [-0.25, -0.2) is 0 Å². The molecule has 1 unspecified atom stereocenters. The predicted molar refractivity (Wildman–Crippen MR) is 66.4 cm³/mol. The first kappa shape index (κ1) is 13.5. The van der Waals surface area contributed by atoms with E-state index in [0.29, 0.717) is 6.04 Å². The largest absolute Gasteiger partial charge is 0.355 e.